The van der Waals surface area contributed by atoms with Crippen LogP contribution in [0.2, 0.25) is 0 Å². The van der Waals surface area contributed by atoms with Crippen molar-refractivity contribution in [1.29, 1.82) is 5.26 Å². The van der Waals surface area contributed by atoms with Crippen LogP contribution in [-0.2, 0) is 0 Å². The molecule has 0 amide bonds. The molecule has 0 bridgehead atoms. The molecule has 0 saturated heterocycles. The van der Waals surface area contributed by atoms with Crippen LogP contribution in [0.4, 0.5) is 0 Å². The van der Waals surface area contributed by atoms with E-state index in [1.54, 1.807) is 30.3 Å². The Hall–Kier alpha value is -2.80. The van der Waals surface area contributed by atoms with Crippen LogP contribution in [0, 0.1) is 32.1 Å². The maximum Gasteiger partial charge on any atom is 0.339 e. The second kappa shape index (κ2) is 5.68. The fourth-order valence-electron chi connectivity index (χ4n) is 2.19. The highest BCUT2D eigenvalue weighted by atomic mass is 16.5. The Labute approximate surface area is 123 Å². The van der Waals surface area contributed by atoms with E-state index in [1.807, 2.05) is 20.8 Å². The molecule has 0 aliphatic heterocycles. The van der Waals surface area contributed by atoms with Crippen molar-refractivity contribution in [3.8, 4) is 17.6 Å². The Bertz CT molecular complexity index is 734. The average Bonchev–Trinajstić information content (AvgIpc) is 2.43. The first-order chi connectivity index (χ1) is 9.92. The van der Waals surface area contributed by atoms with Crippen LogP contribution in [0.25, 0.3) is 0 Å². The molecule has 0 atom stereocenters. The molecule has 0 heterocycles. The number of benzene rings is 2. The van der Waals surface area contributed by atoms with Crippen molar-refractivity contribution < 1.29 is 14.6 Å². The third kappa shape index (κ3) is 3.03. The Morgan fingerprint density at radius 1 is 1.14 bits per heavy atom. The standard InChI is InChI=1S/C17H15NO3/c1-10-4-5-15(14(6-10)17(19)20)21-16-11(2)7-13(9-18)8-12(16)3/h4-8H,1-3H3,(H,19,20). The molecule has 106 valence electrons. The van der Waals surface area contributed by atoms with E-state index in [-0.39, 0.29) is 5.56 Å². The minimum atomic E-state index is -1.03. The normalized spacial score (nSPS) is 10.0. The number of aryl methyl sites for hydroxylation is 3. The van der Waals surface area contributed by atoms with Gasteiger partial charge in [-0.2, -0.15) is 5.26 Å². The molecule has 4 heteroatoms. The highest BCUT2D eigenvalue weighted by molar-refractivity contribution is 5.91. The molecule has 0 fully saturated rings. The quantitative estimate of drug-likeness (QED) is 0.924. The lowest BCUT2D eigenvalue weighted by Gasteiger charge is -2.14. The number of hydrogen-bond donors (Lipinski definition) is 1. The van der Waals surface area contributed by atoms with Crippen molar-refractivity contribution in [2.24, 2.45) is 0 Å². The molecule has 0 aromatic heterocycles. The van der Waals surface area contributed by atoms with E-state index in [1.165, 1.54) is 0 Å². The molecule has 0 aliphatic rings. The Morgan fingerprint density at radius 2 is 1.76 bits per heavy atom. The largest absolute Gasteiger partial charge is 0.478 e. The van der Waals surface area contributed by atoms with Crippen LogP contribution < -0.4 is 4.74 Å². The van der Waals surface area contributed by atoms with Gasteiger partial charge in [-0.05, 0) is 56.2 Å². The second-order valence-corrected chi connectivity index (χ2v) is 4.96. The van der Waals surface area contributed by atoms with E-state index in [0.29, 0.717) is 17.1 Å². The van der Waals surface area contributed by atoms with Gasteiger partial charge in [-0.1, -0.05) is 11.6 Å². The Balaban J connectivity index is 2.49. The van der Waals surface area contributed by atoms with E-state index in [2.05, 4.69) is 6.07 Å². The van der Waals surface area contributed by atoms with Crippen LogP contribution in [0.5, 0.6) is 11.5 Å². The summed E-state index contributed by atoms with van der Waals surface area (Å²) in [5.74, 6) is -0.151. The van der Waals surface area contributed by atoms with Gasteiger partial charge in [0.05, 0.1) is 11.6 Å². The van der Waals surface area contributed by atoms with Gasteiger partial charge in [-0.15, -0.1) is 0 Å². The van der Waals surface area contributed by atoms with Gasteiger partial charge >= 0.3 is 5.97 Å². The molecule has 21 heavy (non-hydrogen) atoms. The van der Waals surface area contributed by atoms with Gasteiger partial charge < -0.3 is 9.84 Å². The Kier molecular flexibility index (Phi) is 3.95. The molecular formula is C17H15NO3. The number of ether oxygens (including phenoxy) is 1. The van der Waals surface area contributed by atoms with Crippen molar-refractivity contribution >= 4 is 5.97 Å². The summed E-state index contributed by atoms with van der Waals surface area (Å²) in [5, 5.41) is 18.2. The van der Waals surface area contributed by atoms with Crippen LogP contribution in [0.15, 0.2) is 30.3 Å². The topological polar surface area (TPSA) is 70.3 Å². The summed E-state index contributed by atoms with van der Waals surface area (Å²) in [4.78, 5) is 11.3. The lowest BCUT2D eigenvalue weighted by atomic mass is 10.1. The monoisotopic (exact) mass is 281 g/mol. The van der Waals surface area contributed by atoms with Crippen LogP contribution >= 0.6 is 0 Å². The number of aromatic carboxylic acids is 1. The molecule has 2 rings (SSSR count). The predicted molar refractivity (Wildman–Crippen MR) is 78.8 cm³/mol. The van der Waals surface area contributed by atoms with Crippen molar-refractivity contribution in [3.63, 3.8) is 0 Å². The van der Waals surface area contributed by atoms with Gasteiger partial charge in [0, 0.05) is 0 Å². The summed E-state index contributed by atoms with van der Waals surface area (Å²) in [5.41, 5.74) is 3.12. The number of rotatable bonds is 3. The zero-order valence-corrected chi connectivity index (χ0v) is 12.1. The molecule has 2 aromatic rings. The van der Waals surface area contributed by atoms with Crippen LogP contribution in [0.3, 0.4) is 0 Å². The highest BCUT2D eigenvalue weighted by Crippen LogP contribution is 2.32. The molecular weight excluding hydrogens is 266 g/mol. The van der Waals surface area contributed by atoms with Crippen LogP contribution in [0.1, 0.15) is 32.6 Å². The Morgan fingerprint density at radius 3 is 2.29 bits per heavy atom. The smallest absolute Gasteiger partial charge is 0.339 e. The van der Waals surface area contributed by atoms with Gasteiger partial charge in [-0.3, -0.25) is 0 Å². The second-order valence-electron chi connectivity index (χ2n) is 4.96. The maximum absolute atomic E-state index is 11.3. The van der Waals surface area contributed by atoms with Gasteiger partial charge in [0.1, 0.15) is 17.1 Å². The molecule has 1 N–H and O–H groups in total. The average molecular weight is 281 g/mol. The fourth-order valence-corrected chi connectivity index (χ4v) is 2.19. The third-order valence-electron chi connectivity index (χ3n) is 3.17. The minimum Gasteiger partial charge on any atom is -0.478 e. The predicted octanol–water partition coefficient (Wildman–Crippen LogP) is 3.97. The summed E-state index contributed by atoms with van der Waals surface area (Å²) < 4.78 is 5.80. The summed E-state index contributed by atoms with van der Waals surface area (Å²) >= 11 is 0. The number of hydrogen-bond acceptors (Lipinski definition) is 3. The molecule has 4 nitrogen and oxygen atoms in total. The van der Waals surface area contributed by atoms with Crippen molar-refractivity contribution in [2.75, 3.05) is 0 Å². The molecule has 0 unspecified atom stereocenters. The number of nitrogens with zero attached hydrogens (tertiary/aromatic N) is 1. The van der Waals surface area contributed by atoms with Crippen molar-refractivity contribution in [1.82, 2.24) is 0 Å². The number of carbonyl (C=O) groups is 1. The van der Waals surface area contributed by atoms with E-state index in [4.69, 9.17) is 10.00 Å². The molecule has 0 saturated carbocycles. The zero-order chi connectivity index (χ0) is 15.6. The summed E-state index contributed by atoms with van der Waals surface area (Å²) in [6.07, 6.45) is 0. The molecule has 2 aromatic carbocycles. The van der Waals surface area contributed by atoms with Gasteiger partial charge in [-0.25, -0.2) is 4.79 Å². The maximum atomic E-state index is 11.3. The molecule has 0 radical (unpaired) electrons. The molecule has 0 aliphatic carbocycles. The summed E-state index contributed by atoms with van der Waals surface area (Å²) in [6, 6.07) is 10.6. The van der Waals surface area contributed by atoms with Gasteiger partial charge in [0.15, 0.2) is 0 Å². The summed E-state index contributed by atoms with van der Waals surface area (Å²) in [7, 11) is 0. The first-order valence-corrected chi connectivity index (χ1v) is 6.45. The van der Waals surface area contributed by atoms with E-state index in [9.17, 15) is 9.90 Å². The molecule has 0 spiro atoms. The third-order valence-corrected chi connectivity index (χ3v) is 3.17. The number of nitriles is 1. The lowest BCUT2D eigenvalue weighted by Crippen LogP contribution is -2.02. The SMILES string of the molecule is Cc1ccc(Oc2c(C)cc(C#N)cc2C)c(C(=O)O)c1. The fraction of sp³-hybridized carbons (Fsp3) is 0.176. The van der Waals surface area contributed by atoms with Gasteiger partial charge in [0.2, 0.25) is 0 Å². The van der Waals surface area contributed by atoms with E-state index in [0.717, 1.165) is 16.7 Å². The van der Waals surface area contributed by atoms with Crippen LogP contribution in [-0.4, -0.2) is 11.1 Å². The highest BCUT2D eigenvalue weighted by Gasteiger charge is 2.15. The first kappa shape index (κ1) is 14.6. The zero-order valence-electron chi connectivity index (χ0n) is 12.1. The van der Waals surface area contributed by atoms with Gasteiger partial charge in [0.25, 0.3) is 0 Å². The lowest BCUT2D eigenvalue weighted by molar-refractivity contribution is 0.0694. The van der Waals surface area contributed by atoms with E-state index >= 15 is 0 Å². The summed E-state index contributed by atoms with van der Waals surface area (Å²) in [6.45, 7) is 5.49. The van der Waals surface area contributed by atoms with Crippen molar-refractivity contribution in [2.45, 2.75) is 20.8 Å². The number of carboxylic acid groups (broad SMARTS) is 1. The number of carboxylic acids is 1. The minimum absolute atomic E-state index is 0.123. The van der Waals surface area contributed by atoms with E-state index < -0.39 is 5.97 Å². The first-order valence-electron chi connectivity index (χ1n) is 6.45. The van der Waals surface area contributed by atoms with Crippen molar-refractivity contribution in [3.05, 3.63) is 58.1 Å².